The molecule has 2 rings (SSSR count). The van der Waals surface area contributed by atoms with Gasteiger partial charge in [0.05, 0.1) is 0 Å². The zero-order chi connectivity index (χ0) is 19.9. The fourth-order valence-corrected chi connectivity index (χ4v) is 4.28. The molecule has 0 amide bonds. The van der Waals surface area contributed by atoms with Crippen LogP contribution in [0.25, 0.3) is 0 Å². The van der Waals surface area contributed by atoms with E-state index in [9.17, 15) is 0 Å². The first-order chi connectivity index (χ1) is 12.7. The molecular weight excluding hydrogens is 344 g/mol. The van der Waals surface area contributed by atoms with E-state index in [2.05, 4.69) is 101 Å². The normalized spacial score (nSPS) is 13.7. The molecule has 148 valence electrons. The maximum absolute atomic E-state index is 6.38. The molecule has 0 fully saturated rings. The van der Waals surface area contributed by atoms with Crippen LogP contribution >= 0.6 is 0 Å². The molecule has 0 aliphatic rings. The highest BCUT2D eigenvalue weighted by Crippen LogP contribution is 2.37. The molecule has 0 N–H and O–H groups in total. The van der Waals surface area contributed by atoms with Crippen LogP contribution in [0.1, 0.15) is 64.0 Å². The van der Waals surface area contributed by atoms with Crippen LogP contribution in [-0.2, 0) is 4.43 Å². The van der Waals surface area contributed by atoms with Gasteiger partial charge in [-0.25, -0.2) is 0 Å². The summed E-state index contributed by atoms with van der Waals surface area (Å²) in [6, 6.07) is 21.9. The van der Waals surface area contributed by atoms with Crippen molar-refractivity contribution in [3.63, 3.8) is 0 Å². The van der Waals surface area contributed by atoms with Crippen molar-refractivity contribution in [2.24, 2.45) is 5.92 Å². The van der Waals surface area contributed by atoms with E-state index in [0.29, 0.717) is 16.9 Å². The van der Waals surface area contributed by atoms with E-state index in [1.54, 1.807) is 0 Å². The molecule has 0 aliphatic carbocycles. The van der Waals surface area contributed by atoms with Gasteiger partial charge in [0.15, 0.2) is 8.32 Å². The van der Waals surface area contributed by atoms with Gasteiger partial charge in [-0.3, -0.25) is 0 Å². The van der Waals surface area contributed by atoms with Crippen LogP contribution in [-0.4, -0.2) is 14.9 Å². The summed E-state index contributed by atoms with van der Waals surface area (Å²) >= 11 is 0. The Labute approximate surface area is 168 Å². The van der Waals surface area contributed by atoms with Crippen molar-refractivity contribution in [2.75, 3.05) is 6.61 Å². The molecule has 0 spiro atoms. The highest BCUT2D eigenvalue weighted by molar-refractivity contribution is 6.74. The van der Waals surface area contributed by atoms with E-state index in [-0.39, 0.29) is 0 Å². The highest BCUT2D eigenvalue weighted by atomic mass is 28.4. The first-order valence-electron chi connectivity index (χ1n) is 10.4. The Hall–Kier alpha value is -1.38. The molecule has 27 heavy (non-hydrogen) atoms. The molecule has 0 saturated carbocycles. The van der Waals surface area contributed by atoms with Gasteiger partial charge in [0, 0.05) is 12.5 Å². The number of hydrogen-bond acceptors (Lipinski definition) is 1. The lowest BCUT2D eigenvalue weighted by Crippen LogP contribution is -2.41. The average Bonchev–Trinajstić information content (AvgIpc) is 2.62. The molecule has 1 nitrogen and oxygen atoms in total. The van der Waals surface area contributed by atoms with Crippen LogP contribution in [0, 0.1) is 5.92 Å². The molecule has 0 saturated heterocycles. The standard InChI is InChI=1S/C25H38OSi/c1-21(19-20-26-27(5,6)25(2,3)4)17-18-24(22-13-9-7-10-14-22)23-15-11-8-12-16-23/h7-16,21,24H,17-20H2,1-6H3/t21-/m0/s1. The second-order valence-corrected chi connectivity index (χ2v) is 14.3. The molecule has 0 aromatic heterocycles. The lowest BCUT2D eigenvalue weighted by molar-refractivity contribution is 0.254. The van der Waals surface area contributed by atoms with Crippen molar-refractivity contribution in [3.8, 4) is 0 Å². The zero-order valence-corrected chi connectivity index (χ0v) is 19.2. The maximum atomic E-state index is 6.38. The second-order valence-electron chi connectivity index (χ2n) is 9.45. The van der Waals surface area contributed by atoms with E-state index >= 15 is 0 Å². The summed E-state index contributed by atoms with van der Waals surface area (Å²) in [4.78, 5) is 0. The number of rotatable bonds is 9. The molecule has 0 radical (unpaired) electrons. The predicted octanol–water partition coefficient (Wildman–Crippen LogP) is 7.65. The molecular formula is C25H38OSi. The van der Waals surface area contributed by atoms with Gasteiger partial charge in [-0.1, -0.05) is 88.4 Å². The van der Waals surface area contributed by atoms with Gasteiger partial charge in [-0.05, 0) is 54.4 Å². The van der Waals surface area contributed by atoms with E-state index in [1.165, 1.54) is 24.0 Å². The molecule has 0 aliphatic heterocycles. The number of hydrogen-bond donors (Lipinski definition) is 0. The van der Waals surface area contributed by atoms with Gasteiger partial charge in [0.1, 0.15) is 0 Å². The van der Waals surface area contributed by atoms with Crippen LogP contribution in [0.3, 0.4) is 0 Å². The fourth-order valence-electron chi connectivity index (χ4n) is 3.22. The van der Waals surface area contributed by atoms with Crippen LogP contribution < -0.4 is 0 Å². The third kappa shape index (κ3) is 6.62. The van der Waals surface area contributed by atoms with Gasteiger partial charge >= 0.3 is 0 Å². The van der Waals surface area contributed by atoms with E-state index in [0.717, 1.165) is 13.0 Å². The largest absolute Gasteiger partial charge is 0.417 e. The Morgan fingerprint density at radius 1 is 0.778 bits per heavy atom. The third-order valence-electron chi connectivity index (χ3n) is 6.23. The summed E-state index contributed by atoms with van der Waals surface area (Å²) in [7, 11) is -1.62. The molecule has 1 atom stereocenters. The quantitative estimate of drug-likeness (QED) is 0.405. The first-order valence-corrected chi connectivity index (χ1v) is 13.4. The van der Waals surface area contributed by atoms with Gasteiger partial charge in [-0.15, -0.1) is 0 Å². The Kier molecular flexibility index (Phi) is 7.87. The lowest BCUT2D eigenvalue weighted by Gasteiger charge is -2.36. The topological polar surface area (TPSA) is 9.23 Å². The second kappa shape index (κ2) is 9.70. The Balaban J connectivity index is 1.91. The minimum atomic E-state index is -1.62. The van der Waals surface area contributed by atoms with Crippen LogP contribution in [0.5, 0.6) is 0 Å². The molecule has 2 aromatic rings. The molecule has 0 unspecified atom stereocenters. The fraction of sp³-hybridized carbons (Fsp3) is 0.520. The predicted molar refractivity (Wildman–Crippen MR) is 121 cm³/mol. The third-order valence-corrected chi connectivity index (χ3v) is 10.8. The maximum Gasteiger partial charge on any atom is 0.191 e. The molecule has 0 bridgehead atoms. The van der Waals surface area contributed by atoms with Gasteiger partial charge < -0.3 is 4.43 Å². The Morgan fingerprint density at radius 3 is 1.70 bits per heavy atom. The summed E-state index contributed by atoms with van der Waals surface area (Å²) in [5.74, 6) is 1.17. The summed E-state index contributed by atoms with van der Waals surface area (Å²) in [5, 5.41) is 0.294. The Morgan fingerprint density at radius 2 is 1.26 bits per heavy atom. The van der Waals surface area contributed by atoms with Crippen LogP contribution in [0.4, 0.5) is 0 Å². The van der Waals surface area contributed by atoms with Crippen molar-refractivity contribution in [1.82, 2.24) is 0 Å². The molecule has 2 aromatic carbocycles. The Bertz CT molecular complexity index is 618. The van der Waals surface area contributed by atoms with Crippen molar-refractivity contribution in [2.45, 2.75) is 71.0 Å². The summed E-state index contributed by atoms with van der Waals surface area (Å²) in [6.45, 7) is 14.9. The minimum absolute atomic E-state index is 0.294. The van der Waals surface area contributed by atoms with Crippen molar-refractivity contribution in [3.05, 3.63) is 71.8 Å². The zero-order valence-electron chi connectivity index (χ0n) is 18.2. The van der Waals surface area contributed by atoms with E-state index in [4.69, 9.17) is 4.43 Å². The minimum Gasteiger partial charge on any atom is -0.417 e. The SMILES string of the molecule is C[C@H](CCO[Si](C)(C)C(C)(C)C)CCC(c1ccccc1)c1ccccc1. The molecule has 2 heteroatoms. The number of benzene rings is 2. The van der Waals surface area contributed by atoms with Crippen molar-refractivity contribution >= 4 is 8.32 Å². The summed E-state index contributed by atoms with van der Waals surface area (Å²) in [6.07, 6.45) is 3.58. The van der Waals surface area contributed by atoms with Gasteiger partial charge in [-0.2, -0.15) is 0 Å². The molecule has 0 heterocycles. The van der Waals surface area contributed by atoms with Crippen molar-refractivity contribution in [1.29, 1.82) is 0 Å². The highest BCUT2D eigenvalue weighted by Gasteiger charge is 2.36. The van der Waals surface area contributed by atoms with Crippen LogP contribution in [0.2, 0.25) is 18.1 Å². The average molecular weight is 383 g/mol. The van der Waals surface area contributed by atoms with Crippen molar-refractivity contribution < 1.29 is 4.43 Å². The van der Waals surface area contributed by atoms with Gasteiger partial charge in [0.2, 0.25) is 0 Å². The summed E-state index contributed by atoms with van der Waals surface area (Å²) < 4.78 is 6.38. The lowest BCUT2D eigenvalue weighted by atomic mass is 9.85. The summed E-state index contributed by atoms with van der Waals surface area (Å²) in [5.41, 5.74) is 2.85. The smallest absolute Gasteiger partial charge is 0.191 e. The van der Waals surface area contributed by atoms with E-state index < -0.39 is 8.32 Å². The van der Waals surface area contributed by atoms with Gasteiger partial charge in [0.25, 0.3) is 0 Å². The monoisotopic (exact) mass is 382 g/mol. The van der Waals surface area contributed by atoms with E-state index in [1.807, 2.05) is 0 Å². The van der Waals surface area contributed by atoms with Crippen LogP contribution in [0.15, 0.2) is 60.7 Å². The first kappa shape index (κ1) is 21.9.